The lowest BCUT2D eigenvalue weighted by Crippen LogP contribution is -2.00. The smallest absolute Gasteiger partial charge is 0.157 e. The van der Waals surface area contributed by atoms with Gasteiger partial charge in [0.05, 0.1) is 17.6 Å². The Morgan fingerprint density at radius 2 is 2.10 bits per heavy atom. The first-order valence-corrected chi connectivity index (χ1v) is 6.65. The Morgan fingerprint density at radius 3 is 2.85 bits per heavy atom. The number of aryl methyl sites for hydroxylation is 2. The van der Waals surface area contributed by atoms with Crippen molar-refractivity contribution in [2.45, 2.75) is 13.5 Å². The fourth-order valence-corrected chi connectivity index (χ4v) is 2.24. The van der Waals surface area contributed by atoms with E-state index in [1.165, 1.54) is 0 Å². The Kier molecular flexibility index (Phi) is 3.28. The van der Waals surface area contributed by atoms with Crippen LogP contribution in [0.1, 0.15) is 11.3 Å². The van der Waals surface area contributed by atoms with E-state index in [0.29, 0.717) is 11.7 Å². The van der Waals surface area contributed by atoms with Crippen LogP contribution >= 0.6 is 11.6 Å². The summed E-state index contributed by atoms with van der Waals surface area (Å²) in [6.07, 6.45) is 3.57. The molecule has 0 aliphatic rings. The number of pyridine rings is 2. The topological polar surface area (TPSA) is 55.6 Å². The Balaban J connectivity index is 1.80. The van der Waals surface area contributed by atoms with Crippen molar-refractivity contribution in [2.24, 2.45) is 7.05 Å². The largest absolute Gasteiger partial charge is 0.380 e. The first-order valence-electron chi connectivity index (χ1n) is 6.27. The van der Waals surface area contributed by atoms with Gasteiger partial charge in [0.1, 0.15) is 5.15 Å². The number of nitrogens with one attached hydrogen (secondary N) is 1. The van der Waals surface area contributed by atoms with Crippen LogP contribution in [0.4, 0.5) is 5.69 Å². The molecule has 0 spiro atoms. The van der Waals surface area contributed by atoms with E-state index in [4.69, 9.17) is 11.6 Å². The normalized spacial score (nSPS) is 10.9. The van der Waals surface area contributed by atoms with Gasteiger partial charge >= 0.3 is 0 Å². The maximum atomic E-state index is 5.76. The molecule has 20 heavy (non-hydrogen) atoms. The van der Waals surface area contributed by atoms with Crippen LogP contribution in [0.15, 0.2) is 30.6 Å². The number of halogens is 1. The molecule has 1 N–H and O–H groups in total. The summed E-state index contributed by atoms with van der Waals surface area (Å²) < 4.78 is 1.80. The minimum Gasteiger partial charge on any atom is -0.380 e. The van der Waals surface area contributed by atoms with Gasteiger partial charge in [-0.1, -0.05) is 11.6 Å². The zero-order valence-corrected chi connectivity index (χ0v) is 12.0. The van der Waals surface area contributed by atoms with Crippen molar-refractivity contribution >= 4 is 28.3 Å². The second-order valence-corrected chi connectivity index (χ2v) is 5.03. The van der Waals surface area contributed by atoms with E-state index >= 15 is 0 Å². The van der Waals surface area contributed by atoms with Crippen LogP contribution in [-0.2, 0) is 13.6 Å². The van der Waals surface area contributed by atoms with Crippen LogP contribution in [0.2, 0.25) is 5.15 Å². The second-order valence-electron chi connectivity index (χ2n) is 4.65. The molecule has 0 radical (unpaired) electrons. The van der Waals surface area contributed by atoms with E-state index in [2.05, 4.69) is 26.4 Å². The summed E-state index contributed by atoms with van der Waals surface area (Å²) in [6.45, 7) is 2.67. The number of hydrogen-bond donors (Lipinski definition) is 1. The molecule has 0 fully saturated rings. The summed E-state index contributed by atoms with van der Waals surface area (Å²) in [7, 11) is 1.90. The quantitative estimate of drug-likeness (QED) is 0.753. The SMILES string of the molecule is Cc1nn(C)c2ncc(CNc3ccc(Cl)nc3)cc12. The highest BCUT2D eigenvalue weighted by molar-refractivity contribution is 6.29. The lowest BCUT2D eigenvalue weighted by Gasteiger charge is -2.06. The van der Waals surface area contributed by atoms with E-state index in [0.717, 1.165) is 28.0 Å². The van der Waals surface area contributed by atoms with E-state index in [1.54, 1.807) is 16.9 Å². The second kappa shape index (κ2) is 5.09. The molecule has 0 aromatic carbocycles. The number of hydrogen-bond acceptors (Lipinski definition) is 4. The molecule has 0 saturated heterocycles. The molecule has 3 aromatic rings. The highest BCUT2D eigenvalue weighted by Gasteiger charge is 2.06. The number of fused-ring (bicyclic) bond motifs is 1. The first kappa shape index (κ1) is 12.9. The number of nitrogens with zero attached hydrogens (tertiary/aromatic N) is 4. The summed E-state index contributed by atoms with van der Waals surface area (Å²) in [5.41, 5.74) is 3.92. The molecule has 6 heteroatoms. The van der Waals surface area contributed by atoms with Crippen LogP contribution < -0.4 is 5.32 Å². The predicted octanol–water partition coefficient (Wildman–Crippen LogP) is 2.94. The van der Waals surface area contributed by atoms with Crippen LogP contribution in [0.3, 0.4) is 0 Å². The fraction of sp³-hybridized carbons (Fsp3) is 0.214. The predicted molar refractivity (Wildman–Crippen MR) is 79.8 cm³/mol. The number of anilines is 1. The van der Waals surface area contributed by atoms with Crippen molar-refractivity contribution in [2.75, 3.05) is 5.32 Å². The summed E-state index contributed by atoms with van der Waals surface area (Å²) in [5, 5.41) is 9.23. The highest BCUT2D eigenvalue weighted by Crippen LogP contribution is 2.17. The van der Waals surface area contributed by atoms with Crippen molar-refractivity contribution in [3.8, 4) is 0 Å². The molecule has 0 unspecified atom stereocenters. The first-order chi connectivity index (χ1) is 9.63. The summed E-state index contributed by atoms with van der Waals surface area (Å²) in [6, 6.07) is 5.77. The van der Waals surface area contributed by atoms with Crippen molar-refractivity contribution in [1.82, 2.24) is 19.7 Å². The van der Waals surface area contributed by atoms with Crippen LogP contribution in [0, 0.1) is 6.92 Å². The molecule has 5 nitrogen and oxygen atoms in total. The zero-order chi connectivity index (χ0) is 14.1. The molecule has 0 amide bonds. The summed E-state index contributed by atoms with van der Waals surface area (Å²) in [5.74, 6) is 0. The lowest BCUT2D eigenvalue weighted by atomic mass is 10.2. The standard InChI is InChI=1S/C14H14ClN5/c1-9-12-5-10(7-18-14(12)20(2)19-9)6-16-11-3-4-13(15)17-8-11/h3-5,7-8,16H,6H2,1-2H3. The third kappa shape index (κ3) is 2.44. The molecule has 3 heterocycles. The van der Waals surface area contributed by atoms with Crippen molar-refractivity contribution < 1.29 is 0 Å². The molecule has 0 atom stereocenters. The van der Waals surface area contributed by atoms with Gasteiger partial charge in [-0.25, -0.2) is 9.97 Å². The average Bonchev–Trinajstić information content (AvgIpc) is 2.73. The third-order valence-electron chi connectivity index (χ3n) is 3.14. The van der Waals surface area contributed by atoms with Crippen LogP contribution in [0.25, 0.3) is 11.0 Å². The van der Waals surface area contributed by atoms with Crippen molar-refractivity contribution in [1.29, 1.82) is 0 Å². The van der Waals surface area contributed by atoms with Crippen LogP contribution in [0.5, 0.6) is 0 Å². The Labute approximate surface area is 121 Å². The number of aromatic nitrogens is 4. The fourth-order valence-electron chi connectivity index (χ4n) is 2.13. The van der Waals surface area contributed by atoms with Gasteiger partial charge in [-0.05, 0) is 30.7 Å². The molecule has 0 aliphatic carbocycles. The van der Waals surface area contributed by atoms with Gasteiger partial charge in [-0.2, -0.15) is 5.10 Å². The minimum absolute atomic E-state index is 0.490. The zero-order valence-electron chi connectivity index (χ0n) is 11.3. The maximum Gasteiger partial charge on any atom is 0.157 e. The molecule has 3 aromatic heterocycles. The van der Waals surface area contributed by atoms with E-state index in [-0.39, 0.29) is 0 Å². The Bertz CT molecular complexity index is 748. The van der Waals surface area contributed by atoms with Crippen molar-refractivity contribution in [3.63, 3.8) is 0 Å². The van der Waals surface area contributed by atoms with Gasteiger partial charge in [0.2, 0.25) is 0 Å². The molecule has 102 valence electrons. The van der Waals surface area contributed by atoms with Gasteiger partial charge in [-0.15, -0.1) is 0 Å². The van der Waals surface area contributed by atoms with Gasteiger partial charge in [-0.3, -0.25) is 4.68 Å². The van der Waals surface area contributed by atoms with Gasteiger partial charge in [0.15, 0.2) is 5.65 Å². The molecular weight excluding hydrogens is 274 g/mol. The maximum absolute atomic E-state index is 5.76. The summed E-state index contributed by atoms with van der Waals surface area (Å²) >= 11 is 5.76. The van der Waals surface area contributed by atoms with Crippen LogP contribution in [-0.4, -0.2) is 19.7 Å². The Hall–Kier alpha value is -2.14. The van der Waals surface area contributed by atoms with E-state index in [9.17, 15) is 0 Å². The van der Waals surface area contributed by atoms with Crippen molar-refractivity contribution in [3.05, 3.63) is 47.0 Å². The lowest BCUT2D eigenvalue weighted by molar-refractivity contribution is 0.773. The van der Waals surface area contributed by atoms with Gasteiger partial charge in [0.25, 0.3) is 0 Å². The molecular formula is C14H14ClN5. The molecule has 0 aliphatic heterocycles. The monoisotopic (exact) mass is 287 g/mol. The minimum atomic E-state index is 0.490. The van der Waals surface area contributed by atoms with E-state index in [1.807, 2.05) is 26.2 Å². The summed E-state index contributed by atoms with van der Waals surface area (Å²) in [4.78, 5) is 8.48. The van der Waals surface area contributed by atoms with E-state index < -0.39 is 0 Å². The molecule has 0 bridgehead atoms. The molecule has 3 rings (SSSR count). The number of rotatable bonds is 3. The average molecular weight is 288 g/mol. The third-order valence-corrected chi connectivity index (χ3v) is 3.37. The Morgan fingerprint density at radius 1 is 1.25 bits per heavy atom. The van der Waals surface area contributed by atoms with Gasteiger partial charge < -0.3 is 5.32 Å². The van der Waals surface area contributed by atoms with Gasteiger partial charge in [0, 0.05) is 25.2 Å². The highest BCUT2D eigenvalue weighted by atomic mass is 35.5. The molecule has 0 saturated carbocycles.